The third-order valence-corrected chi connectivity index (χ3v) is 6.20. The zero-order valence-electron chi connectivity index (χ0n) is 18.4. The summed E-state index contributed by atoms with van der Waals surface area (Å²) in [5.41, 5.74) is 4.80. The number of amides is 1. The maximum atomic E-state index is 12.7. The van der Waals surface area contributed by atoms with E-state index in [-0.39, 0.29) is 20.4 Å². The minimum absolute atomic E-state index is 0. The Morgan fingerprint density at radius 2 is 1.81 bits per heavy atom. The molecule has 1 heterocycles. The average Bonchev–Trinajstić information content (AvgIpc) is 2.79. The molecule has 1 amide bonds. The van der Waals surface area contributed by atoms with E-state index in [1.807, 2.05) is 49.4 Å². The van der Waals surface area contributed by atoms with Crippen LogP contribution in [0.3, 0.4) is 0 Å². The van der Waals surface area contributed by atoms with Gasteiger partial charge >= 0.3 is 7.82 Å². The van der Waals surface area contributed by atoms with E-state index in [4.69, 9.17) is 9.51 Å². The fourth-order valence-corrected chi connectivity index (χ4v) is 4.08. The number of phosphoric ester groups is 1. The molecule has 2 N–H and O–H groups in total. The molecule has 1 unspecified atom stereocenters. The first-order chi connectivity index (χ1) is 15.4. The van der Waals surface area contributed by atoms with Gasteiger partial charge < -0.3 is 10.2 Å². The molecule has 0 aliphatic rings. The van der Waals surface area contributed by atoms with Crippen LogP contribution in [-0.2, 0) is 24.8 Å². The molecule has 0 fully saturated rings. The highest BCUT2D eigenvalue weighted by Gasteiger charge is 2.18. The molecule has 0 saturated carbocycles. The maximum absolute atomic E-state index is 12.7. The predicted molar refractivity (Wildman–Crippen MR) is 127 cm³/mol. The summed E-state index contributed by atoms with van der Waals surface area (Å²) in [7, 11) is -2.78. The van der Waals surface area contributed by atoms with Crippen LogP contribution in [0.15, 0.2) is 54.6 Å². The monoisotopic (exact) mass is 458 g/mol. The molecule has 2 aromatic carbocycles. The number of benzene rings is 2. The summed E-state index contributed by atoms with van der Waals surface area (Å²) < 4.78 is 20.4. The molecule has 3 aromatic rings. The van der Waals surface area contributed by atoms with E-state index in [0.717, 1.165) is 53.2 Å². The molecule has 1 atom stereocenters. The summed E-state index contributed by atoms with van der Waals surface area (Å²) in [6, 6.07) is 18.1. The summed E-state index contributed by atoms with van der Waals surface area (Å²) in [4.78, 5) is 26.6. The molecule has 0 saturated heterocycles. The number of hydrogen-bond acceptors (Lipinski definition) is 5. The summed E-state index contributed by atoms with van der Waals surface area (Å²) in [6.45, 7) is 2.61. The van der Waals surface area contributed by atoms with E-state index < -0.39 is 7.82 Å². The van der Waals surface area contributed by atoms with Crippen molar-refractivity contribution in [1.82, 2.24) is 10.3 Å². The highest BCUT2D eigenvalue weighted by molar-refractivity contribution is 7.47. The number of nitrogens with one attached hydrogen (secondary N) is 1. The Bertz CT molecular complexity index is 1110. The third kappa shape index (κ3) is 6.47. The van der Waals surface area contributed by atoms with Gasteiger partial charge in [0, 0.05) is 26.2 Å². The van der Waals surface area contributed by atoms with Crippen molar-refractivity contribution < 1.29 is 24.7 Å². The molecule has 0 radical (unpaired) electrons. The van der Waals surface area contributed by atoms with E-state index in [9.17, 15) is 14.3 Å². The number of para-hydroxylation sites is 1. The number of phosphoric acid groups is 1. The summed E-state index contributed by atoms with van der Waals surface area (Å²) >= 11 is 0. The smallest absolute Gasteiger partial charge is 0.356 e. The molecule has 0 bridgehead atoms. The lowest BCUT2D eigenvalue weighted by Gasteiger charge is -2.16. The van der Waals surface area contributed by atoms with E-state index in [0.29, 0.717) is 13.0 Å². The SMILES string of the molecule is COP(=O)(O)OCCCCCNC(=O)Cc1c(C)nc2ccccc2c1-c1ccccc1.[HH]. The van der Waals surface area contributed by atoms with Gasteiger partial charge in [-0.15, -0.1) is 0 Å². The van der Waals surface area contributed by atoms with E-state index in [1.54, 1.807) is 0 Å². The van der Waals surface area contributed by atoms with Crippen molar-refractivity contribution in [3.63, 3.8) is 0 Å². The first-order valence-corrected chi connectivity index (χ1v) is 12.1. The van der Waals surface area contributed by atoms with Crippen molar-refractivity contribution in [2.24, 2.45) is 0 Å². The summed E-state index contributed by atoms with van der Waals surface area (Å²) in [5, 5.41) is 4.00. The largest absolute Gasteiger partial charge is 0.471 e. The van der Waals surface area contributed by atoms with Gasteiger partial charge in [0.05, 0.1) is 18.5 Å². The number of rotatable bonds is 11. The van der Waals surface area contributed by atoms with Gasteiger partial charge in [-0.1, -0.05) is 48.5 Å². The van der Waals surface area contributed by atoms with Crippen molar-refractivity contribution in [3.8, 4) is 11.1 Å². The van der Waals surface area contributed by atoms with Crippen LogP contribution in [0.4, 0.5) is 0 Å². The summed E-state index contributed by atoms with van der Waals surface area (Å²) in [5.74, 6) is -0.0575. The number of fused-ring (bicyclic) bond motifs is 1. The van der Waals surface area contributed by atoms with Crippen LogP contribution in [0, 0.1) is 6.92 Å². The summed E-state index contributed by atoms with van der Waals surface area (Å²) in [6.07, 6.45) is 2.36. The van der Waals surface area contributed by atoms with Crippen LogP contribution in [0.5, 0.6) is 0 Å². The number of carbonyl (C=O) groups is 1. The van der Waals surface area contributed by atoms with Crippen molar-refractivity contribution >= 4 is 24.6 Å². The Kier molecular flexibility index (Phi) is 8.53. The lowest BCUT2D eigenvalue weighted by Crippen LogP contribution is -2.26. The molecule has 32 heavy (non-hydrogen) atoms. The molecule has 7 nitrogen and oxygen atoms in total. The molecule has 8 heteroatoms. The molecular weight excluding hydrogens is 427 g/mol. The number of aryl methyl sites for hydroxylation is 1. The van der Waals surface area contributed by atoms with Crippen LogP contribution < -0.4 is 5.32 Å². The highest BCUT2D eigenvalue weighted by atomic mass is 31.2. The quantitative estimate of drug-likeness (QED) is 0.308. The topological polar surface area (TPSA) is 97.8 Å². The fraction of sp³-hybridized carbons (Fsp3) is 0.333. The van der Waals surface area contributed by atoms with Crippen LogP contribution in [0.1, 0.15) is 31.9 Å². The molecule has 0 aliphatic carbocycles. The molecule has 172 valence electrons. The van der Waals surface area contributed by atoms with E-state index in [2.05, 4.69) is 22.0 Å². The van der Waals surface area contributed by atoms with Crippen LogP contribution in [0.2, 0.25) is 0 Å². The van der Waals surface area contributed by atoms with Crippen LogP contribution in [0.25, 0.3) is 22.0 Å². The Balaban J connectivity index is 0.00000385. The van der Waals surface area contributed by atoms with Gasteiger partial charge in [-0.25, -0.2) is 4.57 Å². The molecule has 0 aliphatic heterocycles. The van der Waals surface area contributed by atoms with Crippen molar-refractivity contribution in [1.29, 1.82) is 0 Å². The molecule has 1 aromatic heterocycles. The minimum Gasteiger partial charge on any atom is -0.356 e. The maximum Gasteiger partial charge on any atom is 0.471 e. The van der Waals surface area contributed by atoms with Gasteiger partial charge in [0.25, 0.3) is 0 Å². The Morgan fingerprint density at radius 3 is 2.56 bits per heavy atom. The first kappa shape index (κ1) is 24.1. The zero-order chi connectivity index (χ0) is 23.0. The number of hydrogen-bond donors (Lipinski definition) is 2. The Morgan fingerprint density at radius 1 is 1.09 bits per heavy atom. The second kappa shape index (κ2) is 11.3. The molecular formula is C24H31N2O5P. The normalized spacial score (nSPS) is 13.1. The lowest BCUT2D eigenvalue weighted by atomic mass is 9.92. The van der Waals surface area contributed by atoms with Crippen molar-refractivity contribution in [2.45, 2.75) is 32.6 Å². The zero-order valence-corrected chi connectivity index (χ0v) is 19.3. The van der Waals surface area contributed by atoms with Gasteiger partial charge in [0.1, 0.15) is 0 Å². The number of pyridine rings is 1. The number of unbranched alkanes of at least 4 members (excludes halogenated alkanes) is 2. The van der Waals surface area contributed by atoms with Gasteiger partial charge in [0.2, 0.25) is 5.91 Å². The number of carbonyl (C=O) groups excluding carboxylic acids is 1. The average molecular weight is 458 g/mol. The second-order valence-electron chi connectivity index (χ2n) is 7.51. The standard InChI is InChI=1S/C24H29N2O5P.H2/c1-18-21(17-23(27)25-15-9-4-10-16-31-32(28,29)30-2)24(19-11-5-3-6-12-19)20-13-7-8-14-22(20)26-18;/h3,5-8,11-14H,4,9-10,15-17H2,1-2H3,(H,25,27)(H,28,29);1H. The van der Waals surface area contributed by atoms with Crippen LogP contribution in [-0.4, -0.2) is 36.0 Å². The Hall–Kier alpha value is -2.57. The fourth-order valence-electron chi connectivity index (χ4n) is 3.61. The Labute approximate surface area is 189 Å². The molecule has 0 spiro atoms. The van der Waals surface area contributed by atoms with E-state index in [1.165, 1.54) is 0 Å². The van der Waals surface area contributed by atoms with Gasteiger partial charge in [0.15, 0.2) is 0 Å². The minimum atomic E-state index is -3.91. The van der Waals surface area contributed by atoms with E-state index >= 15 is 0 Å². The van der Waals surface area contributed by atoms with Crippen LogP contribution >= 0.6 is 7.82 Å². The third-order valence-electron chi connectivity index (χ3n) is 5.23. The number of nitrogens with zero attached hydrogens (tertiary/aromatic N) is 1. The van der Waals surface area contributed by atoms with Gasteiger partial charge in [-0.3, -0.25) is 18.8 Å². The highest BCUT2D eigenvalue weighted by Crippen LogP contribution is 2.41. The second-order valence-corrected chi connectivity index (χ2v) is 9.07. The number of aromatic nitrogens is 1. The first-order valence-electron chi connectivity index (χ1n) is 10.6. The van der Waals surface area contributed by atoms with Crippen molar-refractivity contribution in [2.75, 3.05) is 20.3 Å². The van der Waals surface area contributed by atoms with Gasteiger partial charge in [-0.2, -0.15) is 0 Å². The lowest BCUT2D eigenvalue weighted by molar-refractivity contribution is -0.120. The molecule has 3 rings (SSSR count). The predicted octanol–water partition coefficient (Wildman–Crippen LogP) is 5.05. The van der Waals surface area contributed by atoms with Crippen molar-refractivity contribution in [3.05, 3.63) is 65.9 Å². The van der Waals surface area contributed by atoms with Gasteiger partial charge in [-0.05, 0) is 48.9 Å².